The van der Waals surface area contributed by atoms with E-state index in [2.05, 4.69) is 4.98 Å². The predicted octanol–water partition coefficient (Wildman–Crippen LogP) is 3.81. The first kappa shape index (κ1) is 14.3. The number of aromatic nitrogens is 1. The number of carbonyl (C=O) groups is 1. The Labute approximate surface area is 131 Å². The number of phenolic OH excluding ortho intramolecular Hbond substituents is 1. The Morgan fingerprint density at radius 1 is 1.05 bits per heavy atom. The van der Waals surface area contributed by atoms with E-state index in [4.69, 9.17) is 5.11 Å². The summed E-state index contributed by atoms with van der Waals surface area (Å²) in [6.07, 6.45) is -0.117. The molecule has 0 aliphatic carbocycles. The predicted molar refractivity (Wildman–Crippen MR) is 86.0 cm³/mol. The van der Waals surface area contributed by atoms with Crippen molar-refractivity contribution in [2.45, 2.75) is 6.42 Å². The maximum atomic E-state index is 11.1. The second-order valence-corrected chi connectivity index (χ2v) is 5.83. The van der Waals surface area contributed by atoms with Crippen molar-refractivity contribution in [3.8, 4) is 27.6 Å². The summed E-state index contributed by atoms with van der Waals surface area (Å²) in [5, 5.41) is 19.9. The Morgan fingerprint density at radius 2 is 1.73 bits per heavy atom. The van der Waals surface area contributed by atoms with E-state index >= 15 is 0 Å². The van der Waals surface area contributed by atoms with E-state index in [1.165, 1.54) is 11.3 Å². The molecule has 1 aromatic heterocycles. The molecular formula is C17H13NO3S. The van der Waals surface area contributed by atoms with Crippen molar-refractivity contribution in [1.29, 1.82) is 0 Å². The van der Waals surface area contributed by atoms with Gasteiger partial charge in [0.2, 0.25) is 0 Å². The number of nitrogens with zero attached hydrogens (tertiary/aromatic N) is 1. The fraction of sp³-hybridized carbons (Fsp3) is 0.0588. The summed E-state index contributed by atoms with van der Waals surface area (Å²) in [5.74, 6) is -0.820. The van der Waals surface area contributed by atoms with E-state index in [9.17, 15) is 9.90 Å². The van der Waals surface area contributed by atoms with E-state index < -0.39 is 5.97 Å². The molecule has 4 nitrogen and oxygen atoms in total. The molecule has 5 heteroatoms. The zero-order valence-corrected chi connectivity index (χ0v) is 12.4. The SMILES string of the molecule is O=C(O)Cc1sc(-c2ccccc2)nc1-c1ccccc1O. The van der Waals surface area contributed by atoms with Crippen molar-refractivity contribution in [3.05, 3.63) is 59.5 Å². The summed E-state index contributed by atoms with van der Waals surface area (Å²) in [4.78, 5) is 16.3. The minimum absolute atomic E-state index is 0.0963. The third-order valence-electron chi connectivity index (χ3n) is 3.19. The highest BCUT2D eigenvalue weighted by atomic mass is 32.1. The standard InChI is InChI=1S/C17H13NO3S/c19-13-9-5-4-8-12(13)16-14(10-15(20)21)22-17(18-16)11-6-2-1-3-7-11/h1-9,19H,10H2,(H,20,21). The number of carboxylic acids is 1. The summed E-state index contributed by atoms with van der Waals surface area (Å²) in [7, 11) is 0. The Hall–Kier alpha value is -2.66. The number of hydrogen-bond acceptors (Lipinski definition) is 4. The lowest BCUT2D eigenvalue weighted by molar-refractivity contribution is -0.136. The van der Waals surface area contributed by atoms with Gasteiger partial charge in [-0.15, -0.1) is 11.3 Å². The minimum atomic E-state index is -0.917. The summed E-state index contributed by atoms with van der Waals surface area (Å²) >= 11 is 1.34. The van der Waals surface area contributed by atoms with Gasteiger partial charge in [0, 0.05) is 16.0 Å². The lowest BCUT2D eigenvalue weighted by Gasteiger charge is -2.02. The zero-order valence-electron chi connectivity index (χ0n) is 11.6. The quantitative estimate of drug-likeness (QED) is 0.768. The van der Waals surface area contributed by atoms with E-state index in [0.717, 1.165) is 10.6 Å². The Bertz CT molecular complexity index is 812. The van der Waals surface area contributed by atoms with E-state index in [1.807, 2.05) is 30.3 Å². The lowest BCUT2D eigenvalue weighted by atomic mass is 10.1. The third kappa shape index (κ3) is 2.84. The smallest absolute Gasteiger partial charge is 0.308 e. The Kier molecular flexibility index (Phi) is 3.89. The van der Waals surface area contributed by atoms with Gasteiger partial charge < -0.3 is 10.2 Å². The molecule has 3 rings (SSSR count). The minimum Gasteiger partial charge on any atom is -0.507 e. The van der Waals surface area contributed by atoms with Crippen molar-refractivity contribution in [3.63, 3.8) is 0 Å². The highest BCUT2D eigenvalue weighted by Crippen LogP contribution is 2.37. The number of para-hydroxylation sites is 1. The van der Waals surface area contributed by atoms with Crippen LogP contribution in [0.2, 0.25) is 0 Å². The molecule has 0 spiro atoms. The van der Waals surface area contributed by atoms with E-state index in [1.54, 1.807) is 24.3 Å². The normalized spacial score (nSPS) is 10.5. The highest BCUT2D eigenvalue weighted by Gasteiger charge is 2.18. The van der Waals surface area contributed by atoms with Crippen LogP contribution >= 0.6 is 11.3 Å². The number of aromatic hydroxyl groups is 1. The van der Waals surface area contributed by atoms with Crippen LogP contribution in [0.5, 0.6) is 5.75 Å². The molecule has 2 N–H and O–H groups in total. The molecule has 0 saturated heterocycles. The number of benzene rings is 2. The third-order valence-corrected chi connectivity index (χ3v) is 4.29. The molecule has 0 aliphatic heterocycles. The van der Waals surface area contributed by atoms with Crippen LogP contribution in [-0.4, -0.2) is 21.2 Å². The first-order valence-electron chi connectivity index (χ1n) is 6.70. The van der Waals surface area contributed by atoms with Gasteiger partial charge in [-0.05, 0) is 12.1 Å². The van der Waals surface area contributed by atoms with Crippen molar-refractivity contribution in [1.82, 2.24) is 4.98 Å². The first-order valence-corrected chi connectivity index (χ1v) is 7.52. The highest BCUT2D eigenvalue weighted by molar-refractivity contribution is 7.15. The summed E-state index contributed by atoms with van der Waals surface area (Å²) in [6, 6.07) is 16.4. The zero-order chi connectivity index (χ0) is 15.5. The van der Waals surface area contributed by atoms with Crippen LogP contribution in [-0.2, 0) is 11.2 Å². The Balaban J connectivity index is 2.14. The summed E-state index contributed by atoms with van der Waals surface area (Å²) in [5.41, 5.74) is 2.02. The molecule has 22 heavy (non-hydrogen) atoms. The molecular weight excluding hydrogens is 298 g/mol. The number of aliphatic carboxylic acids is 1. The largest absolute Gasteiger partial charge is 0.507 e. The molecule has 0 fully saturated rings. The van der Waals surface area contributed by atoms with Gasteiger partial charge in [-0.3, -0.25) is 4.79 Å². The number of phenols is 1. The molecule has 110 valence electrons. The second kappa shape index (κ2) is 5.99. The lowest BCUT2D eigenvalue weighted by Crippen LogP contribution is -1.99. The van der Waals surface area contributed by atoms with Crippen LogP contribution in [0.4, 0.5) is 0 Å². The van der Waals surface area contributed by atoms with Crippen molar-refractivity contribution in [2.75, 3.05) is 0 Å². The van der Waals surface area contributed by atoms with Gasteiger partial charge in [-0.1, -0.05) is 42.5 Å². The molecule has 0 unspecified atom stereocenters. The van der Waals surface area contributed by atoms with Gasteiger partial charge in [-0.2, -0.15) is 0 Å². The van der Waals surface area contributed by atoms with Crippen molar-refractivity contribution in [2.24, 2.45) is 0 Å². The van der Waals surface area contributed by atoms with E-state index in [-0.39, 0.29) is 12.2 Å². The van der Waals surface area contributed by atoms with Gasteiger partial charge >= 0.3 is 5.97 Å². The van der Waals surface area contributed by atoms with Gasteiger partial charge in [0.05, 0.1) is 12.1 Å². The fourth-order valence-corrected chi connectivity index (χ4v) is 3.27. The number of thiazole rings is 1. The van der Waals surface area contributed by atoms with Crippen molar-refractivity contribution >= 4 is 17.3 Å². The summed E-state index contributed by atoms with van der Waals surface area (Å²) < 4.78 is 0. The molecule has 0 aliphatic rings. The van der Waals surface area contributed by atoms with Gasteiger partial charge in [-0.25, -0.2) is 4.98 Å². The van der Waals surface area contributed by atoms with E-state index in [0.29, 0.717) is 16.1 Å². The fourth-order valence-electron chi connectivity index (χ4n) is 2.20. The first-order chi connectivity index (χ1) is 10.6. The average Bonchev–Trinajstić information content (AvgIpc) is 2.91. The molecule has 1 heterocycles. The van der Waals surface area contributed by atoms with Crippen molar-refractivity contribution < 1.29 is 15.0 Å². The molecule has 0 bridgehead atoms. The number of rotatable bonds is 4. The van der Waals surface area contributed by atoms with Crippen LogP contribution in [0.15, 0.2) is 54.6 Å². The maximum Gasteiger partial charge on any atom is 0.308 e. The number of carboxylic acid groups (broad SMARTS) is 1. The number of hydrogen-bond donors (Lipinski definition) is 2. The average molecular weight is 311 g/mol. The molecule has 0 amide bonds. The maximum absolute atomic E-state index is 11.1. The molecule has 0 atom stereocenters. The second-order valence-electron chi connectivity index (χ2n) is 4.74. The van der Waals surface area contributed by atoms with Gasteiger partial charge in [0.15, 0.2) is 0 Å². The Morgan fingerprint density at radius 3 is 2.41 bits per heavy atom. The van der Waals surface area contributed by atoms with Gasteiger partial charge in [0.1, 0.15) is 10.8 Å². The van der Waals surface area contributed by atoms with Crippen LogP contribution in [0.25, 0.3) is 21.8 Å². The van der Waals surface area contributed by atoms with Gasteiger partial charge in [0.25, 0.3) is 0 Å². The molecule has 3 aromatic rings. The van der Waals surface area contributed by atoms with Crippen LogP contribution < -0.4 is 0 Å². The topological polar surface area (TPSA) is 70.4 Å². The summed E-state index contributed by atoms with van der Waals surface area (Å²) in [6.45, 7) is 0. The van der Waals surface area contributed by atoms with Crippen LogP contribution in [0.1, 0.15) is 4.88 Å². The van der Waals surface area contributed by atoms with Crippen LogP contribution in [0, 0.1) is 0 Å². The van der Waals surface area contributed by atoms with Crippen LogP contribution in [0.3, 0.4) is 0 Å². The molecule has 2 aromatic carbocycles. The monoisotopic (exact) mass is 311 g/mol. The molecule has 0 radical (unpaired) electrons. The molecule has 0 saturated carbocycles.